The molecule has 1 fully saturated rings. The lowest BCUT2D eigenvalue weighted by atomic mass is 9.95. The van der Waals surface area contributed by atoms with E-state index >= 15 is 0 Å². The van der Waals surface area contributed by atoms with Crippen molar-refractivity contribution in [2.24, 2.45) is 4.99 Å². The SMILES string of the molecule is CC(=O)NCCC1=c2ccccc2=NC1=Cc1c(O)n(C2CCCCC2)c(=S)[nH]c1=O. The zero-order chi connectivity index (χ0) is 22.0. The molecule has 3 N–H and O–H groups in total. The second-order valence-corrected chi connectivity index (χ2v) is 8.42. The van der Waals surface area contributed by atoms with Crippen LogP contribution in [0.4, 0.5) is 0 Å². The molecule has 31 heavy (non-hydrogen) atoms. The number of fused-ring (bicyclic) bond motifs is 1. The fraction of sp³-hybridized carbons (Fsp3) is 0.391. The van der Waals surface area contributed by atoms with Crippen LogP contribution in [0.5, 0.6) is 5.88 Å². The summed E-state index contributed by atoms with van der Waals surface area (Å²) in [6.07, 6.45) is 7.37. The number of hydrogen-bond donors (Lipinski definition) is 3. The third kappa shape index (κ3) is 4.39. The Morgan fingerprint density at radius 1 is 1.32 bits per heavy atom. The van der Waals surface area contributed by atoms with E-state index in [1.165, 1.54) is 13.3 Å². The Kier molecular flexibility index (Phi) is 6.18. The predicted octanol–water partition coefficient (Wildman–Crippen LogP) is 2.47. The number of rotatable bonds is 5. The number of para-hydroxylation sites is 1. The van der Waals surface area contributed by atoms with Crippen LogP contribution < -0.4 is 21.5 Å². The topological polar surface area (TPSA) is 99.5 Å². The van der Waals surface area contributed by atoms with E-state index in [4.69, 9.17) is 12.2 Å². The van der Waals surface area contributed by atoms with Gasteiger partial charge in [0.1, 0.15) is 5.56 Å². The first kappa shape index (κ1) is 21.2. The van der Waals surface area contributed by atoms with Crippen molar-refractivity contribution in [3.8, 4) is 5.88 Å². The highest BCUT2D eigenvalue weighted by Gasteiger charge is 2.22. The zero-order valence-corrected chi connectivity index (χ0v) is 18.3. The largest absolute Gasteiger partial charge is 0.494 e. The summed E-state index contributed by atoms with van der Waals surface area (Å²) in [4.78, 5) is 31.4. The minimum Gasteiger partial charge on any atom is -0.494 e. The molecule has 2 heterocycles. The van der Waals surface area contributed by atoms with Crippen LogP contribution >= 0.6 is 12.2 Å². The fourth-order valence-electron chi connectivity index (χ4n) is 4.40. The van der Waals surface area contributed by atoms with E-state index in [9.17, 15) is 14.7 Å². The normalized spacial score (nSPS) is 17.5. The van der Waals surface area contributed by atoms with Gasteiger partial charge in [0.25, 0.3) is 5.56 Å². The Balaban J connectivity index is 1.80. The Labute approximate surface area is 184 Å². The van der Waals surface area contributed by atoms with Crippen LogP contribution in [0, 0.1) is 4.77 Å². The number of H-pyrrole nitrogens is 1. The van der Waals surface area contributed by atoms with Crippen molar-refractivity contribution in [2.75, 3.05) is 6.54 Å². The minimum absolute atomic E-state index is 0.0798. The van der Waals surface area contributed by atoms with E-state index < -0.39 is 5.56 Å². The maximum Gasteiger partial charge on any atom is 0.262 e. The number of aromatic hydroxyl groups is 1. The lowest BCUT2D eigenvalue weighted by Crippen LogP contribution is -2.25. The highest BCUT2D eigenvalue weighted by Crippen LogP contribution is 2.33. The number of nitrogens with one attached hydrogen (secondary N) is 2. The lowest BCUT2D eigenvalue weighted by Gasteiger charge is -2.25. The molecule has 1 saturated carbocycles. The zero-order valence-electron chi connectivity index (χ0n) is 17.5. The Bertz CT molecular complexity index is 1280. The summed E-state index contributed by atoms with van der Waals surface area (Å²) < 4.78 is 1.93. The average Bonchev–Trinajstić information content (AvgIpc) is 3.09. The van der Waals surface area contributed by atoms with Crippen LogP contribution in [0.15, 0.2) is 39.7 Å². The summed E-state index contributed by atoms with van der Waals surface area (Å²) in [6, 6.07) is 7.80. The van der Waals surface area contributed by atoms with Gasteiger partial charge in [0.05, 0.1) is 11.1 Å². The number of hydrogen-bond acceptors (Lipinski definition) is 5. The van der Waals surface area contributed by atoms with Crippen molar-refractivity contribution in [1.82, 2.24) is 14.9 Å². The Morgan fingerprint density at radius 3 is 2.81 bits per heavy atom. The molecule has 2 aromatic rings. The van der Waals surface area contributed by atoms with E-state index in [0.29, 0.717) is 18.7 Å². The summed E-state index contributed by atoms with van der Waals surface area (Å²) in [6.45, 7) is 1.94. The molecule has 0 saturated heterocycles. The van der Waals surface area contributed by atoms with Gasteiger partial charge in [-0.05, 0) is 49.2 Å². The third-order valence-electron chi connectivity index (χ3n) is 5.90. The van der Waals surface area contributed by atoms with Gasteiger partial charge in [-0.2, -0.15) is 0 Å². The summed E-state index contributed by atoms with van der Waals surface area (Å²) >= 11 is 5.37. The van der Waals surface area contributed by atoms with E-state index in [-0.39, 0.29) is 28.2 Å². The standard InChI is InChI=1S/C23H26N4O3S/c1-14(28)24-12-11-17-16-9-5-6-10-19(16)25-20(17)13-18-21(29)26-23(31)27(22(18)30)15-7-3-2-4-8-15/h5-6,9-10,13,15,30H,2-4,7-8,11-12H2,1H3,(H,24,28)(H,26,29,31). The Hall–Kier alpha value is -3.00. The van der Waals surface area contributed by atoms with Crippen LogP contribution in [-0.2, 0) is 4.79 Å². The van der Waals surface area contributed by atoms with Crippen LogP contribution in [-0.4, -0.2) is 27.1 Å². The van der Waals surface area contributed by atoms with Crippen molar-refractivity contribution in [1.29, 1.82) is 0 Å². The van der Waals surface area contributed by atoms with Gasteiger partial charge in [-0.3, -0.25) is 19.1 Å². The maximum atomic E-state index is 12.7. The van der Waals surface area contributed by atoms with Gasteiger partial charge < -0.3 is 10.4 Å². The molecule has 1 aromatic carbocycles. The first-order chi connectivity index (χ1) is 15.0. The first-order valence-electron chi connectivity index (χ1n) is 10.7. The highest BCUT2D eigenvalue weighted by molar-refractivity contribution is 7.71. The average molecular weight is 439 g/mol. The van der Waals surface area contributed by atoms with Crippen LogP contribution in [0.3, 0.4) is 0 Å². The monoisotopic (exact) mass is 438 g/mol. The molecule has 0 radical (unpaired) electrons. The molecule has 4 rings (SSSR count). The van der Waals surface area contributed by atoms with Crippen molar-refractivity contribution < 1.29 is 9.90 Å². The molecular weight excluding hydrogens is 412 g/mol. The van der Waals surface area contributed by atoms with Crippen LogP contribution in [0.25, 0.3) is 11.6 Å². The summed E-state index contributed by atoms with van der Waals surface area (Å²) in [7, 11) is 0. The first-order valence-corrected chi connectivity index (χ1v) is 11.1. The second kappa shape index (κ2) is 9.01. The molecule has 0 atom stereocenters. The number of carbonyl (C=O) groups excluding carboxylic acids is 1. The van der Waals surface area contributed by atoms with Gasteiger partial charge in [0.15, 0.2) is 4.77 Å². The molecule has 0 spiro atoms. The number of benzene rings is 1. The van der Waals surface area contributed by atoms with Gasteiger partial charge in [0, 0.05) is 24.7 Å². The number of allylic oxidation sites excluding steroid dienone is 1. The van der Waals surface area contributed by atoms with Crippen molar-refractivity contribution in [3.05, 3.63) is 61.2 Å². The molecule has 1 aliphatic carbocycles. The molecule has 0 bridgehead atoms. The van der Waals surface area contributed by atoms with Gasteiger partial charge in [-0.15, -0.1) is 0 Å². The molecule has 162 valence electrons. The van der Waals surface area contributed by atoms with E-state index in [1.54, 1.807) is 10.6 Å². The van der Waals surface area contributed by atoms with Gasteiger partial charge in [0.2, 0.25) is 11.8 Å². The molecule has 7 nitrogen and oxygen atoms in total. The Morgan fingerprint density at radius 2 is 2.06 bits per heavy atom. The number of amides is 1. The summed E-state index contributed by atoms with van der Waals surface area (Å²) in [5.74, 6) is -0.210. The lowest BCUT2D eigenvalue weighted by molar-refractivity contribution is -0.118. The number of aromatic nitrogens is 2. The van der Waals surface area contributed by atoms with Crippen molar-refractivity contribution >= 4 is 29.8 Å². The maximum absolute atomic E-state index is 12.7. The highest BCUT2D eigenvalue weighted by atomic mass is 32.1. The quantitative estimate of drug-likeness (QED) is 0.625. The molecule has 8 heteroatoms. The predicted molar refractivity (Wildman–Crippen MR) is 122 cm³/mol. The molecule has 1 aliphatic heterocycles. The van der Waals surface area contributed by atoms with Crippen molar-refractivity contribution in [2.45, 2.75) is 51.5 Å². The minimum atomic E-state index is -0.436. The fourth-order valence-corrected chi connectivity index (χ4v) is 4.73. The summed E-state index contributed by atoms with van der Waals surface area (Å²) in [5.41, 5.74) is 1.26. The van der Waals surface area contributed by atoms with Crippen LogP contribution in [0.2, 0.25) is 0 Å². The smallest absolute Gasteiger partial charge is 0.262 e. The van der Waals surface area contributed by atoms with E-state index in [1.807, 2.05) is 24.3 Å². The second-order valence-electron chi connectivity index (χ2n) is 8.03. The summed E-state index contributed by atoms with van der Waals surface area (Å²) in [5, 5.41) is 15.6. The van der Waals surface area contributed by atoms with Gasteiger partial charge >= 0.3 is 0 Å². The van der Waals surface area contributed by atoms with Gasteiger partial charge in [-0.25, -0.2) is 4.99 Å². The number of carbonyl (C=O) groups is 1. The molecule has 2 aliphatic rings. The van der Waals surface area contributed by atoms with Crippen LogP contribution in [0.1, 0.15) is 57.1 Å². The molecule has 0 unspecified atom stereocenters. The number of nitrogens with zero attached hydrogens (tertiary/aromatic N) is 2. The number of aromatic amines is 1. The van der Waals surface area contributed by atoms with Gasteiger partial charge in [-0.1, -0.05) is 37.5 Å². The van der Waals surface area contributed by atoms with E-state index in [0.717, 1.165) is 41.8 Å². The third-order valence-corrected chi connectivity index (χ3v) is 6.20. The molecule has 1 amide bonds. The molecular formula is C23H26N4O3S. The molecule has 1 aromatic heterocycles. The van der Waals surface area contributed by atoms with Crippen molar-refractivity contribution in [3.63, 3.8) is 0 Å². The van der Waals surface area contributed by atoms with E-state index in [2.05, 4.69) is 15.3 Å².